The largest absolute Gasteiger partial charge is 0.487 e. The van der Waals surface area contributed by atoms with E-state index in [2.05, 4.69) is 33.1 Å². The van der Waals surface area contributed by atoms with Crippen molar-refractivity contribution in [3.63, 3.8) is 0 Å². The number of hydrogen-bond acceptors (Lipinski definition) is 9. The van der Waals surface area contributed by atoms with Crippen molar-refractivity contribution in [2.75, 3.05) is 36.9 Å². The molecule has 6 rings (SSSR count). The molecule has 11 heteroatoms. The molecule has 0 aliphatic carbocycles. The molecule has 2 aliphatic rings. The van der Waals surface area contributed by atoms with Gasteiger partial charge < -0.3 is 30.2 Å². The number of fused-ring (bicyclic) bond motifs is 1. The molecule has 2 fully saturated rings. The molecule has 0 radical (unpaired) electrons. The molecule has 0 spiro atoms. The highest BCUT2D eigenvalue weighted by Crippen LogP contribution is 2.38. The number of hydrogen-bond donors (Lipinski definition) is 3. The molecule has 10 nitrogen and oxygen atoms in total. The van der Waals surface area contributed by atoms with E-state index in [1.165, 1.54) is 6.20 Å². The van der Waals surface area contributed by atoms with Crippen LogP contribution in [0.1, 0.15) is 36.0 Å². The van der Waals surface area contributed by atoms with Crippen molar-refractivity contribution >= 4 is 45.5 Å². The summed E-state index contributed by atoms with van der Waals surface area (Å²) < 4.78 is 17.7. The van der Waals surface area contributed by atoms with Gasteiger partial charge in [-0.05, 0) is 56.3 Å². The predicted octanol–water partition coefficient (Wildman–Crippen LogP) is 6.37. The van der Waals surface area contributed by atoms with Crippen molar-refractivity contribution in [1.82, 2.24) is 10.3 Å². The number of pyridine rings is 1. The summed E-state index contributed by atoms with van der Waals surface area (Å²) in [5.41, 5.74) is 4.84. The van der Waals surface area contributed by atoms with Crippen LogP contribution in [0.3, 0.4) is 0 Å². The highest BCUT2D eigenvalue weighted by Gasteiger charge is 2.22. The maximum absolute atomic E-state index is 13.1. The van der Waals surface area contributed by atoms with Crippen LogP contribution in [-0.2, 0) is 16.1 Å². The lowest BCUT2D eigenvalue weighted by Crippen LogP contribution is -2.24. The first-order valence-corrected chi connectivity index (χ1v) is 15.4. The van der Waals surface area contributed by atoms with Gasteiger partial charge in [0.1, 0.15) is 30.3 Å². The summed E-state index contributed by atoms with van der Waals surface area (Å²) >= 11 is 6.60. The molecule has 1 unspecified atom stereocenters. The molecule has 3 aromatic carbocycles. The summed E-state index contributed by atoms with van der Waals surface area (Å²) in [5.74, 6) is 0.679. The number of benzene rings is 3. The minimum atomic E-state index is -0.248. The van der Waals surface area contributed by atoms with Crippen LogP contribution in [0.5, 0.6) is 11.5 Å². The smallest absolute Gasteiger partial charge is 0.248 e. The minimum absolute atomic E-state index is 0.150. The van der Waals surface area contributed by atoms with Crippen molar-refractivity contribution in [2.45, 2.75) is 32.0 Å². The van der Waals surface area contributed by atoms with Crippen molar-refractivity contribution in [1.29, 1.82) is 10.5 Å². The number of ether oxygens (including phenoxy) is 3. The van der Waals surface area contributed by atoms with Crippen LogP contribution in [0.2, 0.25) is 5.02 Å². The average Bonchev–Trinajstić information content (AvgIpc) is 3.59. The highest BCUT2D eigenvalue weighted by molar-refractivity contribution is 6.32. The number of nitriles is 2. The zero-order chi connectivity index (χ0) is 31.9. The molecule has 4 aromatic rings. The fourth-order valence-corrected chi connectivity index (χ4v) is 5.65. The van der Waals surface area contributed by atoms with Gasteiger partial charge in [-0.1, -0.05) is 35.4 Å². The van der Waals surface area contributed by atoms with Crippen LogP contribution in [0.25, 0.3) is 10.9 Å². The SMILES string of the molecule is N#Cc1ccccc1COc1ccc(Nc2c(C#N)cnc3cc(OC4CCOC4)c(NC(=O)C=C4CCNCC4)cc23)cc1Cl. The van der Waals surface area contributed by atoms with Crippen LogP contribution in [0.4, 0.5) is 17.1 Å². The summed E-state index contributed by atoms with van der Waals surface area (Å²) in [6, 6.07) is 20.4. The first-order valence-electron chi connectivity index (χ1n) is 15.0. The molecular formula is C35H31ClN6O4. The topological polar surface area (TPSA) is 141 Å². The zero-order valence-corrected chi connectivity index (χ0v) is 25.7. The second-order valence-electron chi connectivity index (χ2n) is 11.0. The minimum Gasteiger partial charge on any atom is -0.487 e. The Kier molecular flexibility index (Phi) is 9.61. The van der Waals surface area contributed by atoms with E-state index in [9.17, 15) is 15.3 Å². The van der Waals surface area contributed by atoms with Crippen LogP contribution < -0.4 is 25.4 Å². The van der Waals surface area contributed by atoms with Crippen LogP contribution in [0, 0.1) is 22.7 Å². The first kappa shape index (κ1) is 30.9. The molecule has 3 heterocycles. The molecule has 232 valence electrons. The van der Waals surface area contributed by atoms with Crippen LogP contribution >= 0.6 is 11.6 Å². The molecular weight excluding hydrogens is 604 g/mol. The van der Waals surface area contributed by atoms with Crippen molar-refractivity contribution in [3.8, 4) is 23.6 Å². The Labute approximate surface area is 271 Å². The normalized spacial score (nSPS) is 15.9. The second kappa shape index (κ2) is 14.3. The molecule has 0 saturated carbocycles. The second-order valence-corrected chi connectivity index (χ2v) is 11.4. The Morgan fingerprint density at radius 3 is 2.67 bits per heavy atom. The summed E-state index contributed by atoms with van der Waals surface area (Å²) in [6.45, 7) is 2.94. The lowest BCUT2D eigenvalue weighted by molar-refractivity contribution is -0.112. The summed E-state index contributed by atoms with van der Waals surface area (Å²) in [7, 11) is 0. The number of halogens is 1. The highest BCUT2D eigenvalue weighted by atomic mass is 35.5. The van der Waals surface area contributed by atoms with E-state index < -0.39 is 0 Å². The van der Waals surface area contributed by atoms with Crippen LogP contribution in [0.15, 0.2) is 72.4 Å². The van der Waals surface area contributed by atoms with E-state index in [0.717, 1.165) is 43.5 Å². The number of anilines is 3. The van der Waals surface area contributed by atoms with Crippen molar-refractivity contribution in [3.05, 3.63) is 94.2 Å². The van der Waals surface area contributed by atoms with Crippen molar-refractivity contribution in [2.24, 2.45) is 0 Å². The number of piperidine rings is 1. The average molecular weight is 635 g/mol. The standard InChI is InChI=1S/C35H31ClN6O4/c36-29-14-26(5-6-32(29)45-20-24-4-2-1-3-23(24)17-37)41-35-25(18-38)19-40-30-16-33(46-27-9-12-44-21-27)31(15-28(30)35)42-34(43)13-22-7-10-39-11-8-22/h1-6,13-16,19,27,39H,7-12,20-21H2,(H,40,41)(H,42,43). The third-order valence-corrected chi connectivity index (χ3v) is 8.13. The number of aromatic nitrogens is 1. The van der Waals surface area contributed by atoms with Gasteiger partial charge in [-0.3, -0.25) is 9.78 Å². The van der Waals surface area contributed by atoms with Gasteiger partial charge >= 0.3 is 0 Å². The zero-order valence-electron chi connectivity index (χ0n) is 24.9. The lowest BCUT2D eigenvalue weighted by atomic mass is 10.0. The molecule has 3 N–H and O–H groups in total. The van der Waals surface area contributed by atoms with Crippen LogP contribution in [-0.4, -0.2) is 43.3 Å². The molecule has 2 aliphatic heterocycles. The van der Waals surface area contributed by atoms with Gasteiger partial charge in [-0.2, -0.15) is 10.5 Å². The maximum Gasteiger partial charge on any atom is 0.248 e. The van der Waals surface area contributed by atoms with Gasteiger partial charge in [-0.15, -0.1) is 0 Å². The Morgan fingerprint density at radius 1 is 1.09 bits per heavy atom. The monoisotopic (exact) mass is 634 g/mol. The Bertz CT molecular complexity index is 1880. The van der Waals surface area contributed by atoms with Gasteiger partial charge in [0.2, 0.25) is 5.91 Å². The van der Waals surface area contributed by atoms with Gasteiger partial charge in [-0.25, -0.2) is 0 Å². The fourth-order valence-electron chi connectivity index (χ4n) is 5.42. The molecule has 1 atom stereocenters. The number of carbonyl (C=O) groups is 1. The van der Waals surface area contributed by atoms with E-state index in [4.69, 9.17) is 25.8 Å². The lowest BCUT2D eigenvalue weighted by Gasteiger charge is -2.19. The Hall–Kier alpha value is -5.13. The van der Waals surface area contributed by atoms with Gasteiger partial charge in [0, 0.05) is 41.4 Å². The number of carbonyl (C=O) groups excluding carboxylic acids is 1. The number of rotatable bonds is 9. The van der Waals surface area contributed by atoms with E-state index in [1.807, 2.05) is 12.1 Å². The maximum atomic E-state index is 13.1. The molecule has 1 amide bonds. The van der Waals surface area contributed by atoms with Gasteiger partial charge in [0.15, 0.2) is 0 Å². The molecule has 1 aromatic heterocycles. The van der Waals surface area contributed by atoms with E-state index in [-0.39, 0.29) is 18.6 Å². The van der Waals surface area contributed by atoms with E-state index in [1.54, 1.807) is 48.5 Å². The number of nitrogens with one attached hydrogen (secondary N) is 3. The van der Waals surface area contributed by atoms with Crippen molar-refractivity contribution < 1.29 is 19.0 Å². The molecule has 0 bridgehead atoms. The Balaban J connectivity index is 1.30. The summed E-state index contributed by atoms with van der Waals surface area (Å²) in [4.78, 5) is 17.7. The fraction of sp³-hybridized carbons (Fsp3) is 0.257. The quantitative estimate of drug-likeness (QED) is 0.179. The third-order valence-electron chi connectivity index (χ3n) is 7.83. The van der Waals surface area contributed by atoms with E-state index in [0.29, 0.717) is 68.8 Å². The Morgan fingerprint density at radius 2 is 1.91 bits per heavy atom. The number of amides is 1. The van der Waals surface area contributed by atoms with Gasteiger partial charge in [0.05, 0.1) is 52.3 Å². The molecule has 46 heavy (non-hydrogen) atoms. The first-order chi connectivity index (χ1) is 22.5. The summed E-state index contributed by atoms with van der Waals surface area (Å²) in [6.07, 6.45) is 5.37. The summed E-state index contributed by atoms with van der Waals surface area (Å²) in [5, 5.41) is 30.0. The third kappa shape index (κ3) is 7.22. The van der Waals surface area contributed by atoms with Gasteiger partial charge in [0.25, 0.3) is 0 Å². The molecule has 2 saturated heterocycles. The predicted molar refractivity (Wildman–Crippen MR) is 175 cm³/mol. The van der Waals surface area contributed by atoms with E-state index >= 15 is 0 Å². The number of nitrogens with zero attached hydrogens (tertiary/aromatic N) is 3.